The van der Waals surface area contributed by atoms with Crippen molar-refractivity contribution in [3.63, 3.8) is 0 Å². The van der Waals surface area contributed by atoms with Crippen LogP contribution < -0.4 is 5.32 Å². The van der Waals surface area contributed by atoms with Gasteiger partial charge < -0.3 is 5.32 Å². The van der Waals surface area contributed by atoms with Gasteiger partial charge in [-0.15, -0.1) is 23.1 Å². The Morgan fingerprint density at radius 2 is 2.15 bits per heavy atom. The Bertz CT molecular complexity index is 619. The molecule has 2 rings (SSSR count). The third-order valence-electron chi connectivity index (χ3n) is 3.11. The highest BCUT2D eigenvalue weighted by atomic mass is 32.2. The van der Waals surface area contributed by atoms with E-state index in [0.29, 0.717) is 0 Å². The lowest BCUT2D eigenvalue weighted by molar-refractivity contribution is 1.17. The number of benzene rings is 1. The monoisotopic (exact) mass is 302 g/mol. The van der Waals surface area contributed by atoms with Gasteiger partial charge in [0.05, 0.1) is 11.3 Å². The number of nitriles is 1. The zero-order valence-electron chi connectivity index (χ0n) is 12.0. The number of hydrogen-bond acceptors (Lipinski definition) is 4. The summed E-state index contributed by atoms with van der Waals surface area (Å²) in [7, 11) is 0. The van der Waals surface area contributed by atoms with Crippen LogP contribution in [-0.4, -0.2) is 5.75 Å². The molecule has 0 amide bonds. The number of aryl methyl sites for hydroxylation is 2. The minimum atomic E-state index is 0.754. The molecule has 0 fully saturated rings. The maximum absolute atomic E-state index is 9.37. The Balaban J connectivity index is 2.17. The predicted molar refractivity (Wildman–Crippen MR) is 88.7 cm³/mol. The van der Waals surface area contributed by atoms with Gasteiger partial charge in [-0.25, -0.2) is 0 Å². The van der Waals surface area contributed by atoms with Gasteiger partial charge in [0.25, 0.3) is 0 Å². The van der Waals surface area contributed by atoms with Crippen molar-refractivity contribution in [2.45, 2.75) is 32.2 Å². The van der Waals surface area contributed by atoms with E-state index >= 15 is 0 Å². The molecule has 1 aromatic heterocycles. The van der Waals surface area contributed by atoms with E-state index < -0.39 is 0 Å². The van der Waals surface area contributed by atoms with Gasteiger partial charge in [-0.3, -0.25) is 0 Å². The Kier molecular flexibility index (Phi) is 5.11. The molecule has 0 aliphatic rings. The summed E-state index contributed by atoms with van der Waals surface area (Å²) in [5.41, 5.74) is 3.02. The van der Waals surface area contributed by atoms with Crippen molar-refractivity contribution in [3.8, 4) is 6.07 Å². The second kappa shape index (κ2) is 6.83. The van der Waals surface area contributed by atoms with Gasteiger partial charge in [0.15, 0.2) is 0 Å². The summed E-state index contributed by atoms with van der Waals surface area (Å²) in [6, 6.07) is 10.5. The number of nitrogens with one attached hydrogen (secondary N) is 1. The first-order chi connectivity index (χ1) is 9.65. The molecule has 0 bridgehead atoms. The van der Waals surface area contributed by atoms with Gasteiger partial charge in [-0.05, 0) is 43.4 Å². The highest BCUT2D eigenvalue weighted by Gasteiger charge is 2.08. The fourth-order valence-electron chi connectivity index (χ4n) is 1.99. The van der Waals surface area contributed by atoms with Crippen LogP contribution in [0.4, 0.5) is 5.69 Å². The molecule has 1 N–H and O–H groups in total. The third kappa shape index (κ3) is 3.36. The molecule has 0 spiro atoms. The molecule has 2 nitrogen and oxygen atoms in total. The molecule has 0 unspecified atom stereocenters. The lowest BCUT2D eigenvalue weighted by atomic mass is 10.2. The molecular weight excluding hydrogens is 284 g/mol. The van der Waals surface area contributed by atoms with Gasteiger partial charge in [0.1, 0.15) is 6.07 Å². The number of nitrogens with zero attached hydrogens (tertiary/aromatic N) is 1. The summed E-state index contributed by atoms with van der Waals surface area (Å²) < 4.78 is 0. The van der Waals surface area contributed by atoms with E-state index in [4.69, 9.17) is 0 Å². The molecule has 0 saturated carbocycles. The fraction of sp³-hybridized carbons (Fsp3) is 0.312. The van der Waals surface area contributed by atoms with Crippen LogP contribution in [0, 0.1) is 25.2 Å². The van der Waals surface area contributed by atoms with E-state index in [-0.39, 0.29) is 0 Å². The number of thiophene rings is 1. The van der Waals surface area contributed by atoms with Crippen molar-refractivity contribution in [1.29, 1.82) is 5.26 Å². The molecule has 1 heterocycles. The van der Waals surface area contributed by atoms with Crippen LogP contribution in [0.3, 0.4) is 0 Å². The first-order valence-electron chi connectivity index (χ1n) is 6.61. The maximum atomic E-state index is 9.37. The van der Waals surface area contributed by atoms with Crippen LogP contribution in [0.2, 0.25) is 0 Å². The zero-order valence-corrected chi connectivity index (χ0v) is 13.6. The van der Waals surface area contributed by atoms with Crippen LogP contribution in [0.15, 0.2) is 29.2 Å². The maximum Gasteiger partial charge on any atom is 0.102 e. The lowest BCUT2D eigenvalue weighted by Gasteiger charge is -2.10. The number of rotatable bonds is 5. The van der Waals surface area contributed by atoms with Gasteiger partial charge in [-0.2, -0.15) is 5.26 Å². The molecule has 0 aliphatic heterocycles. The van der Waals surface area contributed by atoms with Gasteiger partial charge >= 0.3 is 0 Å². The summed E-state index contributed by atoms with van der Waals surface area (Å²) in [4.78, 5) is 3.72. The van der Waals surface area contributed by atoms with E-state index in [1.165, 1.54) is 15.3 Å². The predicted octanol–water partition coefficient (Wildman–Crippen LogP) is 4.96. The van der Waals surface area contributed by atoms with Crippen LogP contribution in [0.25, 0.3) is 0 Å². The van der Waals surface area contributed by atoms with E-state index in [9.17, 15) is 5.26 Å². The standard InChI is InChI=1S/C16H18N2S2/c1-4-19-16-7-5-6-15(14(16)9-17)18-10-13-8-11(2)12(3)20-13/h5-8,18H,4,10H2,1-3H3. The minimum absolute atomic E-state index is 0.754. The van der Waals surface area contributed by atoms with Crippen molar-refractivity contribution in [2.75, 3.05) is 11.1 Å². The molecule has 0 aliphatic carbocycles. The first kappa shape index (κ1) is 15.0. The molecule has 20 heavy (non-hydrogen) atoms. The second-order valence-electron chi connectivity index (χ2n) is 4.53. The average Bonchev–Trinajstić information content (AvgIpc) is 2.76. The van der Waals surface area contributed by atoms with E-state index in [1.807, 2.05) is 29.5 Å². The summed E-state index contributed by atoms with van der Waals surface area (Å²) in [6.45, 7) is 7.15. The van der Waals surface area contributed by atoms with Crippen LogP contribution in [-0.2, 0) is 6.54 Å². The van der Waals surface area contributed by atoms with E-state index in [2.05, 4.69) is 38.2 Å². The minimum Gasteiger partial charge on any atom is -0.379 e. The van der Waals surface area contributed by atoms with Crippen molar-refractivity contribution in [1.82, 2.24) is 0 Å². The van der Waals surface area contributed by atoms with Crippen LogP contribution >= 0.6 is 23.1 Å². The summed E-state index contributed by atoms with van der Waals surface area (Å²) >= 11 is 3.52. The number of anilines is 1. The molecule has 0 radical (unpaired) electrons. The second-order valence-corrected chi connectivity index (χ2v) is 7.18. The topological polar surface area (TPSA) is 35.8 Å². The van der Waals surface area contributed by atoms with Crippen molar-refractivity contribution < 1.29 is 0 Å². The van der Waals surface area contributed by atoms with Gasteiger partial charge in [0, 0.05) is 21.2 Å². The highest BCUT2D eigenvalue weighted by Crippen LogP contribution is 2.29. The smallest absolute Gasteiger partial charge is 0.102 e. The number of thioether (sulfide) groups is 1. The largest absolute Gasteiger partial charge is 0.379 e. The van der Waals surface area contributed by atoms with Crippen molar-refractivity contribution in [2.24, 2.45) is 0 Å². The van der Waals surface area contributed by atoms with Crippen molar-refractivity contribution in [3.05, 3.63) is 45.1 Å². The van der Waals surface area contributed by atoms with E-state index in [0.717, 1.165) is 28.4 Å². The quantitative estimate of drug-likeness (QED) is 0.793. The molecule has 2 aromatic rings. The molecule has 104 valence electrons. The normalized spacial score (nSPS) is 10.3. The SMILES string of the molecule is CCSc1cccc(NCc2cc(C)c(C)s2)c1C#N. The Hall–Kier alpha value is -1.44. The Morgan fingerprint density at radius 3 is 2.75 bits per heavy atom. The summed E-state index contributed by atoms with van der Waals surface area (Å²) in [5.74, 6) is 0.974. The highest BCUT2D eigenvalue weighted by molar-refractivity contribution is 7.99. The molecule has 0 atom stereocenters. The van der Waals surface area contributed by atoms with Gasteiger partial charge in [-0.1, -0.05) is 13.0 Å². The molecule has 1 aromatic carbocycles. The lowest BCUT2D eigenvalue weighted by Crippen LogP contribution is -2.00. The summed E-state index contributed by atoms with van der Waals surface area (Å²) in [6.07, 6.45) is 0. The van der Waals surface area contributed by atoms with E-state index in [1.54, 1.807) is 11.8 Å². The Morgan fingerprint density at radius 1 is 1.35 bits per heavy atom. The van der Waals surface area contributed by atoms with Crippen molar-refractivity contribution >= 4 is 28.8 Å². The zero-order chi connectivity index (χ0) is 14.5. The van der Waals surface area contributed by atoms with Gasteiger partial charge in [0.2, 0.25) is 0 Å². The molecular formula is C16H18N2S2. The van der Waals surface area contributed by atoms with Crippen LogP contribution in [0.1, 0.15) is 27.8 Å². The average molecular weight is 302 g/mol. The summed E-state index contributed by atoms with van der Waals surface area (Å²) in [5, 5.41) is 12.8. The third-order valence-corrected chi connectivity index (χ3v) is 5.20. The van der Waals surface area contributed by atoms with Crippen LogP contribution in [0.5, 0.6) is 0 Å². The molecule has 4 heteroatoms. The first-order valence-corrected chi connectivity index (χ1v) is 8.41. The molecule has 0 saturated heterocycles. The fourth-order valence-corrected chi connectivity index (χ4v) is 3.77. The Labute approximate surface area is 128 Å². The number of hydrogen-bond donors (Lipinski definition) is 1.